The molecule has 3 heterocycles. The summed E-state index contributed by atoms with van der Waals surface area (Å²) in [4.78, 5) is 21.5. The maximum Gasteiger partial charge on any atom is 0.245 e. The molecule has 1 saturated heterocycles. The molecule has 1 fully saturated rings. The number of hydrogen-bond acceptors (Lipinski definition) is 6. The lowest BCUT2D eigenvalue weighted by atomic mass is 10.1. The fraction of sp³-hybridized carbons (Fsp3) is 0.556. The van der Waals surface area contributed by atoms with E-state index in [-0.39, 0.29) is 11.9 Å². The van der Waals surface area contributed by atoms with Gasteiger partial charge in [-0.3, -0.25) is 14.7 Å². The quantitative estimate of drug-likeness (QED) is 0.767. The van der Waals surface area contributed by atoms with E-state index >= 15 is 0 Å². The van der Waals surface area contributed by atoms with Gasteiger partial charge in [-0.15, -0.1) is 10.2 Å². The van der Waals surface area contributed by atoms with Crippen molar-refractivity contribution in [3.63, 3.8) is 0 Å². The van der Waals surface area contributed by atoms with Crippen molar-refractivity contribution < 1.29 is 9.21 Å². The maximum atomic E-state index is 13.3. The van der Waals surface area contributed by atoms with Gasteiger partial charge in [0.15, 0.2) is 0 Å². The van der Waals surface area contributed by atoms with Gasteiger partial charge in [0.05, 0.1) is 6.54 Å². The zero-order chi connectivity index (χ0) is 17.6. The highest BCUT2D eigenvalue weighted by Crippen LogP contribution is 2.27. The summed E-state index contributed by atoms with van der Waals surface area (Å²) in [5, 5.41) is 8.04. The predicted molar refractivity (Wildman–Crippen MR) is 92.6 cm³/mol. The Morgan fingerprint density at radius 1 is 1.28 bits per heavy atom. The molecule has 0 aromatic carbocycles. The minimum Gasteiger partial charge on any atom is -0.423 e. The first kappa shape index (κ1) is 17.5. The Kier molecular flexibility index (Phi) is 5.75. The molecule has 0 aliphatic carbocycles. The molecule has 1 atom stereocenters. The van der Waals surface area contributed by atoms with Crippen molar-refractivity contribution in [2.75, 3.05) is 19.6 Å². The fourth-order valence-corrected chi connectivity index (χ4v) is 3.22. The number of rotatable bonds is 7. The van der Waals surface area contributed by atoms with Crippen LogP contribution in [0.15, 0.2) is 28.9 Å². The van der Waals surface area contributed by atoms with Crippen molar-refractivity contribution in [3.8, 4) is 0 Å². The smallest absolute Gasteiger partial charge is 0.245 e. The van der Waals surface area contributed by atoms with Gasteiger partial charge in [0.2, 0.25) is 17.7 Å². The molecule has 2 aromatic heterocycles. The molecule has 1 amide bonds. The fourth-order valence-electron chi connectivity index (χ4n) is 3.22. The van der Waals surface area contributed by atoms with Crippen molar-refractivity contribution >= 4 is 5.91 Å². The zero-order valence-corrected chi connectivity index (χ0v) is 14.9. The Morgan fingerprint density at radius 3 is 2.64 bits per heavy atom. The summed E-state index contributed by atoms with van der Waals surface area (Å²) in [5.74, 6) is 1.15. The van der Waals surface area contributed by atoms with Crippen molar-refractivity contribution in [2.45, 2.75) is 45.7 Å². The third kappa shape index (κ3) is 4.04. The summed E-state index contributed by atoms with van der Waals surface area (Å²) in [6.07, 6.45) is 6.46. The van der Waals surface area contributed by atoms with E-state index in [9.17, 15) is 4.79 Å². The first-order valence-corrected chi connectivity index (χ1v) is 8.97. The average molecular weight is 343 g/mol. The summed E-state index contributed by atoms with van der Waals surface area (Å²) in [6.45, 7) is 6.73. The number of pyridine rings is 1. The molecule has 0 bridgehead atoms. The molecule has 0 saturated carbocycles. The number of nitrogens with zero attached hydrogens (tertiary/aromatic N) is 5. The Morgan fingerprint density at radius 2 is 2.04 bits per heavy atom. The lowest BCUT2D eigenvalue weighted by molar-refractivity contribution is -0.137. The van der Waals surface area contributed by atoms with E-state index in [1.807, 2.05) is 26.0 Å². The van der Waals surface area contributed by atoms with Crippen molar-refractivity contribution in [2.24, 2.45) is 0 Å². The van der Waals surface area contributed by atoms with E-state index in [0.29, 0.717) is 31.3 Å². The number of likely N-dealkylation sites (N-methyl/N-ethyl adjacent to an activating group) is 1. The maximum absolute atomic E-state index is 13.3. The number of aryl methyl sites for hydroxylation is 1. The van der Waals surface area contributed by atoms with Crippen molar-refractivity contribution in [1.82, 2.24) is 25.0 Å². The average Bonchev–Trinajstić information content (AvgIpc) is 3.32. The van der Waals surface area contributed by atoms with Gasteiger partial charge in [0, 0.05) is 25.4 Å². The molecule has 0 N–H and O–H groups in total. The number of carbonyl (C=O) groups excluding carboxylic acids is 1. The van der Waals surface area contributed by atoms with Gasteiger partial charge in [-0.05, 0) is 44.5 Å². The minimum absolute atomic E-state index is 0.0636. The summed E-state index contributed by atoms with van der Waals surface area (Å²) in [6, 6.07) is 3.56. The molecule has 2 aromatic rings. The van der Waals surface area contributed by atoms with E-state index < -0.39 is 0 Å². The second-order valence-electron chi connectivity index (χ2n) is 6.23. The van der Waals surface area contributed by atoms with Crippen molar-refractivity contribution in [3.05, 3.63) is 41.9 Å². The molecule has 3 rings (SSSR count). The number of carbonyl (C=O) groups is 1. The van der Waals surface area contributed by atoms with Crippen LogP contribution in [0.4, 0.5) is 0 Å². The summed E-state index contributed by atoms with van der Waals surface area (Å²) < 4.78 is 5.58. The Hall–Kier alpha value is -2.28. The lowest BCUT2D eigenvalue weighted by Gasteiger charge is -2.31. The van der Waals surface area contributed by atoms with Gasteiger partial charge >= 0.3 is 0 Å². The van der Waals surface area contributed by atoms with Gasteiger partial charge in [-0.2, -0.15) is 0 Å². The Bertz CT molecular complexity index is 682. The molecule has 1 unspecified atom stereocenters. The van der Waals surface area contributed by atoms with E-state index in [4.69, 9.17) is 4.42 Å². The zero-order valence-electron chi connectivity index (χ0n) is 14.9. The lowest BCUT2D eigenvalue weighted by Crippen LogP contribution is -2.42. The Balaban J connectivity index is 1.81. The van der Waals surface area contributed by atoms with Gasteiger partial charge in [0.1, 0.15) is 6.04 Å². The molecule has 25 heavy (non-hydrogen) atoms. The van der Waals surface area contributed by atoms with Crippen LogP contribution in [0.2, 0.25) is 0 Å². The van der Waals surface area contributed by atoms with Crippen LogP contribution in [0.25, 0.3) is 0 Å². The van der Waals surface area contributed by atoms with Crippen LogP contribution in [-0.4, -0.2) is 50.5 Å². The van der Waals surface area contributed by atoms with Crippen LogP contribution in [0.1, 0.15) is 50.1 Å². The summed E-state index contributed by atoms with van der Waals surface area (Å²) in [7, 11) is 0. The van der Waals surface area contributed by atoms with Gasteiger partial charge in [-0.1, -0.05) is 13.0 Å². The SMILES string of the molecule is CCc1nnc(CN(CC)C(=O)C(c2cccnc2)N2CCCC2)o1. The van der Waals surface area contributed by atoms with Gasteiger partial charge < -0.3 is 9.32 Å². The van der Waals surface area contributed by atoms with Crippen LogP contribution in [0.3, 0.4) is 0 Å². The van der Waals surface area contributed by atoms with Gasteiger partial charge in [-0.25, -0.2) is 0 Å². The molecule has 134 valence electrons. The molecule has 0 spiro atoms. The predicted octanol–water partition coefficient (Wildman–Crippen LogP) is 2.21. The highest BCUT2D eigenvalue weighted by molar-refractivity contribution is 5.83. The molecular formula is C18H25N5O2. The second-order valence-corrected chi connectivity index (χ2v) is 6.23. The van der Waals surface area contributed by atoms with Gasteiger partial charge in [0.25, 0.3) is 0 Å². The highest BCUT2D eigenvalue weighted by Gasteiger charge is 2.33. The first-order chi connectivity index (χ1) is 12.2. The Labute approximate surface area is 148 Å². The van der Waals surface area contributed by atoms with E-state index in [2.05, 4.69) is 20.1 Å². The van der Waals surface area contributed by atoms with Crippen LogP contribution < -0.4 is 0 Å². The van der Waals surface area contributed by atoms with E-state index in [0.717, 1.165) is 31.5 Å². The van der Waals surface area contributed by atoms with E-state index in [1.54, 1.807) is 17.3 Å². The number of aromatic nitrogens is 3. The third-order valence-corrected chi connectivity index (χ3v) is 4.57. The second kappa shape index (κ2) is 8.20. The normalized spacial score (nSPS) is 16.1. The van der Waals surface area contributed by atoms with E-state index in [1.165, 1.54) is 0 Å². The third-order valence-electron chi connectivity index (χ3n) is 4.57. The topological polar surface area (TPSA) is 75.4 Å². The molecule has 7 nitrogen and oxygen atoms in total. The minimum atomic E-state index is -0.301. The number of amides is 1. The molecule has 1 aliphatic rings. The van der Waals surface area contributed by atoms with Crippen LogP contribution in [0.5, 0.6) is 0 Å². The molecule has 1 aliphatic heterocycles. The molecular weight excluding hydrogens is 318 g/mol. The number of hydrogen-bond donors (Lipinski definition) is 0. The number of likely N-dealkylation sites (tertiary alicyclic amines) is 1. The van der Waals surface area contributed by atoms with Crippen LogP contribution in [-0.2, 0) is 17.8 Å². The van der Waals surface area contributed by atoms with Crippen LogP contribution in [0, 0.1) is 0 Å². The standard InChI is InChI=1S/C18H25N5O2/c1-3-15-20-21-16(25-15)13-22(4-2)18(24)17(23-10-5-6-11-23)14-8-7-9-19-12-14/h7-9,12,17H,3-6,10-11,13H2,1-2H3. The van der Waals surface area contributed by atoms with Crippen molar-refractivity contribution in [1.29, 1.82) is 0 Å². The molecule has 7 heteroatoms. The molecule has 0 radical (unpaired) electrons. The summed E-state index contributed by atoms with van der Waals surface area (Å²) in [5.41, 5.74) is 0.938. The largest absolute Gasteiger partial charge is 0.423 e. The summed E-state index contributed by atoms with van der Waals surface area (Å²) >= 11 is 0. The van der Waals surface area contributed by atoms with Crippen LogP contribution >= 0.6 is 0 Å². The highest BCUT2D eigenvalue weighted by atomic mass is 16.4. The monoisotopic (exact) mass is 343 g/mol. The first-order valence-electron chi connectivity index (χ1n) is 8.97.